The van der Waals surface area contributed by atoms with Crippen LogP contribution in [-0.2, 0) is 13.1 Å². The molecule has 0 aliphatic heterocycles. The number of oxazole rings is 1. The van der Waals surface area contributed by atoms with Gasteiger partial charge >= 0.3 is 0 Å². The van der Waals surface area contributed by atoms with Crippen molar-refractivity contribution in [2.75, 3.05) is 49.7 Å². The number of hydrogen-bond acceptors (Lipinski definition) is 9. The Morgan fingerprint density at radius 2 is 1.18 bits per heavy atom. The summed E-state index contributed by atoms with van der Waals surface area (Å²) in [5.41, 5.74) is 2.53. The summed E-state index contributed by atoms with van der Waals surface area (Å²) >= 11 is 0. The summed E-state index contributed by atoms with van der Waals surface area (Å²) in [5, 5.41) is 0. The number of rotatable bonds is 11. The quantitative estimate of drug-likeness (QED) is 0.423. The number of methoxy groups -OCH3 is 6. The van der Waals surface area contributed by atoms with Crippen molar-refractivity contribution in [1.82, 2.24) is 9.88 Å². The van der Waals surface area contributed by atoms with E-state index in [-0.39, 0.29) is 0 Å². The van der Waals surface area contributed by atoms with Crippen molar-refractivity contribution in [3.8, 4) is 46.0 Å². The highest BCUT2D eigenvalue weighted by Crippen LogP contribution is 2.41. The monoisotopic (exact) mass is 458 g/mol. The second kappa shape index (κ2) is 10.8. The van der Waals surface area contributed by atoms with Crippen LogP contribution in [0.2, 0.25) is 0 Å². The molecule has 0 aliphatic rings. The molecule has 0 amide bonds. The van der Waals surface area contributed by atoms with Gasteiger partial charge in [0.05, 0.1) is 48.4 Å². The van der Waals surface area contributed by atoms with E-state index in [4.69, 9.17) is 32.8 Å². The minimum Gasteiger partial charge on any atom is -0.493 e. The van der Waals surface area contributed by atoms with Crippen LogP contribution in [0.15, 0.2) is 34.9 Å². The molecule has 0 unspecified atom stereocenters. The van der Waals surface area contributed by atoms with Gasteiger partial charge in [0.25, 0.3) is 0 Å². The maximum Gasteiger partial charge on any atom is 0.226 e. The summed E-state index contributed by atoms with van der Waals surface area (Å²) in [5.74, 6) is 3.85. The summed E-state index contributed by atoms with van der Waals surface area (Å²) in [6.45, 7) is 1.22. The average molecular weight is 459 g/mol. The molecule has 178 valence electrons. The first-order chi connectivity index (χ1) is 16.0. The maximum absolute atomic E-state index is 5.73. The van der Waals surface area contributed by atoms with E-state index in [9.17, 15) is 0 Å². The van der Waals surface area contributed by atoms with Gasteiger partial charge in [-0.15, -0.1) is 0 Å². The molecule has 0 atom stereocenters. The zero-order valence-corrected chi connectivity index (χ0v) is 20.1. The van der Waals surface area contributed by atoms with Crippen LogP contribution < -0.4 is 28.4 Å². The number of hydrogen-bond donors (Lipinski definition) is 0. The molecule has 0 spiro atoms. The Morgan fingerprint density at radius 3 is 1.64 bits per heavy atom. The van der Waals surface area contributed by atoms with Crippen LogP contribution in [0.5, 0.6) is 34.5 Å². The highest BCUT2D eigenvalue weighted by Gasteiger charge is 2.18. The normalized spacial score (nSPS) is 10.8. The molecule has 0 aliphatic carbocycles. The first kappa shape index (κ1) is 24.1. The second-order valence-corrected chi connectivity index (χ2v) is 7.26. The molecule has 2 aromatic carbocycles. The van der Waals surface area contributed by atoms with Gasteiger partial charge in [0, 0.05) is 18.7 Å². The number of nitrogens with zero attached hydrogens (tertiary/aromatic N) is 2. The number of benzene rings is 2. The van der Waals surface area contributed by atoms with Crippen LogP contribution in [0.4, 0.5) is 0 Å². The lowest BCUT2D eigenvalue weighted by atomic mass is 10.1. The standard InChI is InChI=1S/C24H30N2O7/c1-26(12-15-8-18(27-2)22(31-6)19(9-15)28-3)13-17-14-33-24(25-17)16-10-20(29-4)23(32-7)21(11-16)30-5/h8-11,14H,12-13H2,1-7H3. The summed E-state index contributed by atoms with van der Waals surface area (Å²) in [4.78, 5) is 6.74. The second-order valence-electron chi connectivity index (χ2n) is 7.26. The molecular weight excluding hydrogens is 428 g/mol. The van der Waals surface area contributed by atoms with E-state index in [2.05, 4.69) is 9.88 Å². The van der Waals surface area contributed by atoms with Crippen LogP contribution >= 0.6 is 0 Å². The Labute approximate surface area is 193 Å². The minimum absolute atomic E-state index is 0.463. The fourth-order valence-corrected chi connectivity index (χ4v) is 3.59. The van der Waals surface area contributed by atoms with Crippen molar-refractivity contribution in [3.63, 3.8) is 0 Å². The molecule has 3 rings (SSSR count). The van der Waals surface area contributed by atoms with Gasteiger partial charge in [-0.05, 0) is 36.9 Å². The molecule has 9 heteroatoms. The molecular formula is C24H30N2O7. The third kappa shape index (κ3) is 5.25. The molecule has 33 heavy (non-hydrogen) atoms. The Kier molecular flexibility index (Phi) is 7.89. The zero-order chi connectivity index (χ0) is 24.0. The van der Waals surface area contributed by atoms with E-state index in [0.29, 0.717) is 53.5 Å². The lowest BCUT2D eigenvalue weighted by Crippen LogP contribution is -2.17. The minimum atomic E-state index is 0.463. The van der Waals surface area contributed by atoms with Crippen molar-refractivity contribution in [2.45, 2.75) is 13.1 Å². The molecule has 3 aromatic rings. The van der Waals surface area contributed by atoms with Crippen LogP contribution in [-0.4, -0.2) is 59.6 Å². The third-order valence-electron chi connectivity index (χ3n) is 5.07. The fraction of sp³-hybridized carbons (Fsp3) is 0.375. The van der Waals surface area contributed by atoms with Gasteiger partial charge in [-0.1, -0.05) is 0 Å². The van der Waals surface area contributed by atoms with Crippen LogP contribution in [0, 0.1) is 0 Å². The van der Waals surface area contributed by atoms with Gasteiger partial charge in [-0.3, -0.25) is 4.90 Å². The zero-order valence-electron chi connectivity index (χ0n) is 20.1. The fourth-order valence-electron chi connectivity index (χ4n) is 3.59. The molecule has 1 aromatic heterocycles. The number of ether oxygens (including phenoxy) is 6. The van der Waals surface area contributed by atoms with Crippen molar-refractivity contribution in [2.24, 2.45) is 0 Å². The van der Waals surface area contributed by atoms with Gasteiger partial charge < -0.3 is 32.8 Å². The molecule has 0 saturated heterocycles. The third-order valence-corrected chi connectivity index (χ3v) is 5.07. The topological polar surface area (TPSA) is 84.7 Å². The van der Waals surface area contributed by atoms with Crippen molar-refractivity contribution >= 4 is 0 Å². The van der Waals surface area contributed by atoms with Gasteiger partial charge in [0.1, 0.15) is 6.26 Å². The molecule has 0 bridgehead atoms. The van der Waals surface area contributed by atoms with E-state index in [1.807, 2.05) is 19.2 Å². The lowest BCUT2D eigenvalue weighted by Gasteiger charge is -2.18. The Morgan fingerprint density at radius 1 is 0.697 bits per heavy atom. The van der Waals surface area contributed by atoms with Gasteiger partial charge in [0.2, 0.25) is 17.4 Å². The average Bonchev–Trinajstić information content (AvgIpc) is 3.30. The van der Waals surface area contributed by atoms with E-state index < -0.39 is 0 Å². The Balaban J connectivity index is 1.77. The molecule has 1 heterocycles. The molecule has 0 radical (unpaired) electrons. The summed E-state index contributed by atoms with van der Waals surface area (Å²) in [6, 6.07) is 7.47. The largest absolute Gasteiger partial charge is 0.493 e. The van der Waals surface area contributed by atoms with Crippen LogP contribution in [0.3, 0.4) is 0 Å². The Hall–Kier alpha value is -3.59. The molecule has 9 nitrogen and oxygen atoms in total. The highest BCUT2D eigenvalue weighted by molar-refractivity contribution is 5.66. The van der Waals surface area contributed by atoms with E-state index in [1.165, 1.54) is 0 Å². The summed E-state index contributed by atoms with van der Waals surface area (Å²) < 4.78 is 38.2. The van der Waals surface area contributed by atoms with Gasteiger partial charge in [-0.25, -0.2) is 4.98 Å². The van der Waals surface area contributed by atoms with Gasteiger partial charge in [-0.2, -0.15) is 0 Å². The van der Waals surface area contributed by atoms with E-state index in [0.717, 1.165) is 16.8 Å². The lowest BCUT2D eigenvalue weighted by molar-refractivity contribution is 0.306. The summed E-state index contributed by atoms with van der Waals surface area (Å²) in [7, 11) is 11.5. The predicted octanol–water partition coefficient (Wildman–Crippen LogP) is 4.03. The van der Waals surface area contributed by atoms with Crippen molar-refractivity contribution in [1.29, 1.82) is 0 Å². The van der Waals surface area contributed by atoms with Crippen molar-refractivity contribution in [3.05, 3.63) is 41.8 Å². The molecule has 0 fully saturated rings. The highest BCUT2D eigenvalue weighted by atomic mass is 16.5. The summed E-state index contributed by atoms with van der Waals surface area (Å²) in [6.07, 6.45) is 1.64. The molecule has 0 N–H and O–H groups in total. The molecule has 0 saturated carbocycles. The predicted molar refractivity (Wildman–Crippen MR) is 123 cm³/mol. The first-order valence-electron chi connectivity index (χ1n) is 10.2. The number of aromatic nitrogens is 1. The SMILES string of the molecule is COc1cc(CN(C)Cc2coc(-c3cc(OC)c(OC)c(OC)c3)n2)cc(OC)c1OC. The van der Waals surface area contributed by atoms with Crippen LogP contribution in [0.1, 0.15) is 11.3 Å². The first-order valence-corrected chi connectivity index (χ1v) is 10.2. The van der Waals surface area contributed by atoms with Crippen LogP contribution in [0.25, 0.3) is 11.5 Å². The van der Waals surface area contributed by atoms with E-state index in [1.54, 1.807) is 61.1 Å². The Bertz CT molecular complexity index is 1030. The van der Waals surface area contributed by atoms with Gasteiger partial charge in [0.15, 0.2) is 23.0 Å². The van der Waals surface area contributed by atoms with Crippen molar-refractivity contribution < 1.29 is 32.8 Å². The maximum atomic E-state index is 5.73. The van der Waals surface area contributed by atoms with E-state index >= 15 is 0 Å². The smallest absolute Gasteiger partial charge is 0.226 e.